The van der Waals surface area contributed by atoms with E-state index < -0.39 is 12.5 Å². The molecule has 2 unspecified atom stereocenters. The summed E-state index contributed by atoms with van der Waals surface area (Å²) in [7, 11) is 0. The number of nitrogens with one attached hydrogen (secondary N) is 2. The summed E-state index contributed by atoms with van der Waals surface area (Å²) in [6.07, 6.45) is -1.19. The third-order valence-electron chi connectivity index (χ3n) is 0.982. The third-order valence-corrected chi connectivity index (χ3v) is 0.982. The van der Waals surface area contributed by atoms with E-state index in [1.807, 2.05) is 6.92 Å². The van der Waals surface area contributed by atoms with Crippen LogP contribution in [0, 0.1) is 0 Å². The molecule has 0 fully saturated rings. The molecule has 0 aromatic carbocycles. The van der Waals surface area contributed by atoms with Gasteiger partial charge in [0.15, 0.2) is 0 Å². The fraction of sp³-hybridized carbons (Fsp3) is 1.00. The molecule has 4 nitrogen and oxygen atoms in total. The zero-order valence-corrected chi connectivity index (χ0v) is 6.63. The van der Waals surface area contributed by atoms with Gasteiger partial charge in [-0.15, -0.1) is 0 Å². The number of aliphatic hydroxyl groups is 2. The Morgan fingerprint density at radius 2 is 1.20 bits per heavy atom. The van der Waals surface area contributed by atoms with Crippen LogP contribution in [0.4, 0.5) is 0 Å². The first-order valence-electron chi connectivity index (χ1n) is 3.40. The summed E-state index contributed by atoms with van der Waals surface area (Å²) in [5.41, 5.74) is 0. The molecule has 0 aliphatic carbocycles. The summed E-state index contributed by atoms with van der Waals surface area (Å²) < 4.78 is 0. The molecule has 4 heteroatoms. The van der Waals surface area contributed by atoms with E-state index in [-0.39, 0.29) is 6.17 Å². The lowest BCUT2D eigenvalue weighted by Crippen LogP contribution is -2.47. The molecule has 0 radical (unpaired) electrons. The van der Waals surface area contributed by atoms with Crippen LogP contribution in [-0.2, 0) is 0 Å². The Kier molecular flexibility index (Phi) is 4.55. The lowest BCUT2D eigenvalue weighted by Gasteiger charge is -2.19. The minimum atomic E-state index is -0.554. The summed E-state index contributed by atoms with van der Waals surface area (Å²) in [5, 5.41) is 23.1. The second-order valence-electron chi connectivity index (χ2n) is 2.41. The Morgan fingerprint density at radius 3 is 1.40 bits per heavy atom. The lowest BCUT2D eigenvalue weighted by molar-refractivity contribution is 0.0964. The van der Waals surface area contributed by atoms with Crippen LogP contribution >= 0.6 is 0 Å². The van der Waals surface area contributed by atoms with E-state index in [0.717, 1.165) is 0 Å². The van der Waals surface area contributed by atoms with E-state index in [2.05, 4.69) is 10.6 Å². The van der Waals surface area contributed by atoms with Crippen LogP contribution in [0.1, 0.15) is 20.8 Å². The first-order valence-corrected chi connectivity index (χ1v) is 3.40. The quantitative estimate of drug-likeness (QED) is 0.394. The van der Waals surface area contributed by atoms with E-state index in [1.54, 1.807) is 13.8 Å². The van der Waals surface area contributed by atoms with Crippen LogP contribution in [-0.4, -0.2) is 28.8 Å². The minimum Gasteiger partial charge on any atom is -0.379 e. The zero-order chi connectivity index (χ0) is 8.15. The predicted octanol–water partition coefficient (Wildman–Crippen LogP) is -0.812. The highest BCUT2D eigenvalue weighted by molar-refractivity contribution is 4.57. The number of rotatable bonds is 4. The molecule has 0 amide bonds. The van der Waals surface area contributed by atoms with Crippen LogP contribution in [0.3, 0.4) is 0 Å². The van der Waals surface area contributed by atoms with Crippen molar-refractivity contribution >= 4 is 0 Å². The molecule has 4 N–H and O–H groups in total. The Labute approximate surface area is 61.3 Å². The molecule has 0 heterocycles. The summed E-state index contributed by atoms with van der Waals surface area (Å²) in [6, 6.07) is 0. The summed E-state index contributed by atoms with van der Waals surface area (Å²) in [6.45, 7) is 5.07. The van der Waals surface area contributed by atoms with Gasteiger partial charge in [-0.2, -0.15) is 0 Å². The van der Waals surface area contributed by atoms with Crippen molar-refractivity contribution in [2.24, 2.45) is 0 Å². The smallest absolute Gasteiger partial charge is 0.103 e. The average molecular weight is 148 g/mol. The highest BCUT2D eigenvalue weighted by atomic mass is 16.3. The SMILES string of the molecule is CC(O)NC(C)NC(C)O. The maximum absolute atomic E-state index is 8.80. The highest BCUT2D eigenvalue weighted by Crippen LogP contribution is 1.81. The van der Waals surface area contributed by atoms with Gasteiger partial charge < -0.3 is 10.2 Å². The van der Waals surface area contributed by atoms with Gasteiger partial charge in [-0.3, -0.25) is 10.6 Å². The number of hydrogen-bond donors (Lipinski definition) is 4. The van der Waals surface area contributed by atoms with Gasteiger partial charge in [0.25, 0.3) is 0 Å². The van der Waals surface area contributed by atoms with Crippen LogP contribution < -0.4 is 10.6 Å². The molecule has 62 valence electrons. The van der Waals surface area contributed by atoms with Gasteiger partial charge in [-0.25, -0.2) is 0 Å². The Balaban J connectivity index is 3.34. The van der Waals surface area contributed by atoms with Gasteiger partial charge in [0, 0.05) is 0 Å². The molecule has 0 aromatic heterocycles. The first-order chi connectivity index (χ1) is 4.52. The summed E-state index contributed by atoms with van der Waals surface area (Å²) in [5.74, 6) is 0. The second-order valence-corrected chi connectivity index (χ2v) is 2.41. The maximum atomic E-state index is 8.80. The van der Waals surface area contributed by atoms with E-state index in [9.17, 15) is 0 Å². The molecular formula is C6H16N2O2. The van der Waals surface area contributed by atoms with Crippen molar-refractivity contribution in [2.75, 3.05) is 0 Å². The second kappa shape index (κ2) is 4.62. The summed E-state index contributed by atoms with van der Waals surface area (Å²) >= 11 is 0. The zero-order valence-electron chi connectivity index (χ0n) is 6.63. The van der Waals surface area contributed by atoms with Crippen molar-refractivity contribution in [1.82, 2.24) is 10.6 Å². The van der Waals surface area contributed by atoms with Crippen molar-refractivity contribution in [3.63, 3.8) is 0 Å². The van der Waals surface area contributed by atoms with Gasteiger partial charge in [0.05, 0.1) is 6.17 Å². The third kappa shape index (κ3) is 5.97. The minimum absolute atomic E-state index is 0.0833. The van der Waals surface area contributed by atoms with Crippen LogP contribution in [0.5, 0.6) is 0 Å². The molecule has 0 saturated carbocycles. The maximum Gasteiger partial charge on any atom is 0.103 e. The molecule has 0 spiro atoms. The van der Waals surface area contributed by atoms with E-state index >= 15 is 0 Å². The number of hydrogen-bond acceptors (Lipinski definition) is 4. The molecule has 0 bridgehead atoms. The van der Waals surface area contributed by atoms with Crippen molar-refractivity contribution in [1.29, 1.82) is 0 Å². The van der Waals surface area contributed by atoms with Crippen molar-refractivity contribution in [3.8, 4) is 0 Å². The van der Waals surface area contributed by atoms with Gasteiger partial charge in [0.1, 0.15) is 12.5 Å². The first kappa shape index (κ1) is 9.84. The predicted molar refractivity (Wildman–Crippen MR) is 39.1 cm³/mol. The molecule has 10 heavy (non-hydrogen) atoms. The van der Waals surface area contributed by atoms with Gasteiger partial charge in [0.2, 0.25) is 0 Å². The van der Waals surface area contributed by atoms with E-state index in [4.69, 9.17) is 10.2 Å². The summed E-state index contributed by atoms with van der Waals surface area (Å²) in [4.78, 5) is 0. The Hall–Kier alpha value is -0.160. The molecule has 2 atom stereocenters. The molecule has 0 aliphatic rings. The van der Waals surface area contributed by atoms with Crippen LogP contribution in [0.2, 0.25) is 0 Å². The molecule has 0 aromatic rings. The van der Waals surface area contributed by atoms with Crippen molar-refractivity contribution in [3.05, 3.63) is 0 Å². The van der Waals surface area contributed by atoms with Gasteiger partial charge >= 0.3 is 0 Å². The van der Waals surface area contributed by atoms with E-state index in [0.29, 0.717) is 0 Å². The van der Waals surface area contributed by atoms with Gasteiger partial charge in [-0.1, -0.05) is 0 Å². The fourth-order valence-electron chi connectivity index (χ4n) is 0.772. The fourth-order valence-corrected chi connectivity index (χ4v) is 0.772. The number of aliphatic hydroxyl groups excluding tert-OH is 2. The molecule has 0 rings (SSSR count). The lowest BCUT2D eigenvalue weighted by atomic mass is 10.5. The molecule has 0 saturated heterocycles. The Bertz CT molecular complexity index is 75.8. The highest BCUT2D eigenvalue weighted by Gasteiger charge is 2.04. The van der Waals surface area contributed by atoms with E-state index in [1.165, 1.54) is 0 Å². The average Bonchev–Trinajstić information content (AvgIpc) is 1.58. The normalized spacial score (nSPS) is 20.1. The Morgan fingerprint density at radius 1 is 0.900 bits per heavy atom. The molecular weight excluding hydrogens is 132 g/mol. The topological polar surface area (TPSA) is 64.5 Å². The van der Waals surface area contributed by atoms with Crippen LogP contribution in [0.25, 0.3) is 0 Å². The molecule has 0 aliphatic heterocycles. The monoisotopic (exact) mass is 148 g/mol. The largest absolute Gasteiger partial charge is 0.379 e. The van der Waals surface area contributed by atoms with Gasteiger partial charge in [-0.05, 0) is 20.8 Å². The standard InChI is InChI=1S/C6H16N2O2/c1-4(7-5(2)9)8-6(3)10/h4-10H,1-3H3. The van der Waals surface area contributed by atoms with Crippen molar-refractivity contribution in [2.45, 2.75) is 39.4 Å². The van der Waals surface area contributed by atoms with Crippen molar-refractivity contribution < 1.29 is 10.2 Å². The van der Waals surface area contributed by atoms with Crippen LogP contribution in [0.15, 0.2) is 0 Å².